The SMILES string of the molecule is FC(F)(F)C1(F)OC(F)(F)C(F)(C(F)(F)F)OC(F)(F)C(F)(C(F)(F)F)OC(F)(F)C(F)(C(F)(F)F)OC1(F)F. The van der Waals surface area contributed by atoms with E-state index in [9.17, 15) is 105 Å². The predicted molar refractivity (Wildman–Crippen MR) is 63.7 cm³/mol. The maximum atomic E-state index is 14.0. The van der Waals surface area contributed by atoms with Crippen LogP contribution >= 0.6 is 0 Å². The first-order chi connectivity index (χ1) is 16.8. The van der Waals surface area contributed by atoms with Crippen LogP contribution in [-0.4, -0.2) is 72.6 Å². The fourth-order valence-electron chi connectivity index (χ4n) is 2.10. The van der Waals surface area contributed by atoms with Crippen LogP contribution in [0.15, 0.2) is 0 Å². The summed E-state index contributed by atoms with van der Waals surface area (Å²) < 4.78 is 324. The van der Waals surface area contributed by atoms with E-state index in [0.29, 0.717) is 0 Å². The van der Waals surface area contributed by atoms with Gasteiger partial charge < -0.3 is 0 Å². The van der Waals surface area contributed by atoms with E-state index < -0.39 is 72.6 Å². The molecule has 240 valence electrons. The molecule has 1 saturated heterocycles. The van der Waals surface area contributed by atoms with Gasteiger partial charge in [0.2, 0.25) is 0 Å². The lowest BCUT2D eigenvalue weighted by molar-refractivity contribution is -0.618. The van der Waals surface area contributed by atoms with E-state index in [-0.39, 0.29) is 0 Å². The molecule has 1 aliphatic rings. The standard InChI is InChI=1S/C12F24O4/c13-1(5(17,18)19)9(29,30)38-3(15,7(23,24)25)11(33,34)40-4(16,8(26,27)28)12(35,36)39-2(14,6(20,21)22)10(31,32)37-1. The topological polar surface area (TPSA) is 36.9 Å². The van der Waals surface area contributed by atoms with Crippen LogP contribution in [0.5, 0.6) is 0 Å². The molecule has 4 atom stereocenters. The molecule has 0 aliphatic carbocycles. The van der Waals surface area contributed by atoms with Crippen molar-refractivity contribution in [3.8, 4) is 0 Å². The van der Waals surface area contributed by atoms with E-state index in [1.54, 1.807) is 0 Å². The van der Waals surface area contributed by atoms with E-state index in [0.717, 1.165) is 18.9 Å². The second kappa shape index (κ2) is 8.83. The summed E-state index contributed by atoms with van der Waals surface area (Å²) in [4.78, 5) is 0. The van der Waals surface area contributed by atoms with Crippen molar-refractivity contribution in [2.75, 3.05) is 0 Å². The van der Waals surface area contributed by atoms with Crippen LogP contribution in [0.1, 0.15) is 0 Å². The van der Waals surface area contributed by atoms with Gasteiger partial charge in [-0.2, -0.15) is 105 Å². The summed E-state index contributed by atoms with van der Waals surface area (Å²) in [7, 11) is 0. The molecular formula is C12F24O4. The van der Waals surface area contributed by atoms with Gasteiger partial charge in [-0.25, -0.2) is 0 Å². The lowest BCUT2D eigenvalue weighted by atomic mass is 10.1. The second-order valence-electron chi connectivity index (χ2n) is 6.85. The van der Waals surface area contributed by atoms with Gasteiger partial charge in [0.05, 0.1) is 0 Å². The van der Waals surface area contributed by atoms with E-state index in [1.807, 2.05) is 0 Å². The lowest BCUT2D eigenvalue weighted by Gasteiger charge is -2.46. The van der Waals surface area contributed by atoms with Crippen LogP contribution < -0.4 is 0 Å². The van der Waals surface area contributed by atoms with Crippen molar-refractivity contribution in [3.63, 3.8) is 0 Å². The minimum atomic E-state index is -8.68. The Balaban J connectivity index is 4.45. The van der Waals surface area contributed by atoms with Gasteiger partial charge in [-0.1, -0.05) is 0 Å². The minimum Gasteiger partial charge on any atom is -0.263 e. The maximum absolute atomic E-state index is 14.0. The summed E-state index contributed by atoms with van der Waals surface area (Å²) in [6.07, 6.45) is -68.4. The molecule has 0 N–H and O–H groups in total. The minimum absolute atomic E-state index is 1.06. The quantitative estimate of drug-likeness (QED) is 0.254. The summed E-state index contributed by atoms with van der Waals surface area (Å²) in [5, 5.41) is 0. The molecule has 28 heteroatoms. The number of alkyl halides is 24. The number of hydrogen-bond donors (Lipinski definition) is 0. The van der Waals surface area contributed by atoms with Crippen molar-refractivity contribution in [1.29, 1.82) is 0 Å². The fourth-order valence-corrected chi connectivity index (χ4v) is 2.10. The first kappa shape index (κ1) is 36.2. The Morgan fingerprint density at radius 1 is 0.250 bits per heavy atom. The van der Waals surface area contributed by atoms with Gasteiger partial charge in [-0.3, -0.25) is 18.9 Å². The third kappa shape index (κ3) is 5.04. The van der Waals surface area contributed by atoms with Gasteiger partial charge in [-0.15, -0.1) is 0 Å². The summed E-state index contributed by atoms with van der Waals surface area (Å²) >= 11 is 0. The van der Waals surface area contributed by atoms with Crippen molar-refractivity contribution in [2.24, 2.45) is 0 Å². The summed E-state index contributed by atoms with van der Waals surface area (Å²) in [5.41, 5.74) is 0. The summed E-state index contributed by atoms with van der Waals surface area (Å²) in [5.74, 6) is -34.7. The first-order valence-electron chi connectivity index (χ1n) is 8.17. The first-order valence-corrected chi connectivity index (χ1v) is 8.17. The van der Waals surface area contributed by atoms with Gasteiger partial charge in [0, 0.05) is 0 Å². The Labute approximate surface area is 198 Å². The van der Waals surface area contributed by atoms with Gasteiger partial charge >= 0.3 is 72.6 Å². The fraction of sp³-hybridized carbons (Fsp3) is 1.00. The van der Waals surface area contributed by atoms with E-state index in [1.165, 1.54) is 0 Å². The van der Waals surface area contributed by atoms with E-state index in [2.05, 4.69) is 0 Å². The third-order valence-electron chi connectivity index (χ3n) is 4.03. The Morgan fingerprint density at radius 3 is 0.425 bits per heavy atom. The third-order valence-corrected chi connectivity index (χ3v) is 4.03. The Hall–Kier alpha value is -1.84. The number of ether oxygens (including phenoxy) is 4. The smallest absolute Gasteiger partial charge is 0.263 e. The molecule has 0 aromatic carbocycles. The highest BCUT2D eigenvalue weighted by Crippen LogP contribution is 2.62. The Morgan fingerprint density at radius 2 is 0.350 bits per heavy atom. The molecule has 1 aliphatic heterocycles. The highest BCUT2D eigenvalue weighted by molar-refractivity contribution is 5.01. The zero-order chi connectivity index (χ0) is 32.8. The average Bonchev–Trinajstić information content (AvgIpc) is 2.61. The molecule has 1 fully saturated rings. The number of halogens is 24. The molecule has 40 heavy (non-hydrogen) atoms. The summed E-state index contributed by atoms with van der Waals surface area (Å²) in [6.45, 7) is 0. The molecule has 1 rings (SSSR count). The molecule has 4 nitrogen and oxygen atoms in total. The molecular weight excluding hydrogens is 664 g/mol. The van der Waals surface area contributed by atoms with Crippen molar-refractivity contribution in [3.05, 3.63) is 0 Å². The molecule has 0 amide bonds. The van der Waals surface area contributed by atoms with E-state index in [4.69, 9.17) is 0 Å². The molecule has 4 unspecified atom stereocenters. The molecule has 0 radical (unpaired) electrons. The molecule has 0 aromatic rings. The maximum Gasteiger partial charge on any atom is 0.458 e. The number of rotatable bonds is 0. The molecule has 0 aromatic heterocycles. The highest BCUT2D eigenvalue weighted by atomic mass is 19.4. The normalized spacial score (nSPS) is 37.8. The van der Waals surface area contributed by atoms with Crippen molar-refractivity contribution >= 4 is 0 Å². The largest absolute Gasteiger partial charge is 0.458 e. The van der Waals surface area contributed by atoms with Gasteiger partial charge in [-0.05, 0) is 0 Å². The van der Waals surface area contributed by atoms with Crippen molar-refractivity contribution in [2.45, 2.75) is 72.6 Å². The molecule has 0 saturated carbocycles. The molecule has 1 heterocycles. The zero-order valence-electron chi connectivity index (χ0n) is 16.7. The summed E-state index contributed by atoms with van der Waals surface area (Å²) in [6, 6.07) is 0. The van der Waals surface area contributed by atoms with Gasteiger partial charge in [0.15, 0.2) is 0 Å². The predicted octanol–water partition coefficient (Wildman–Crippen LogP) is 7.35. The second-order valence-corrected chi connectivity index (χ2v) is 6.85. The Bertz CT molecular complexity index is 795. The highest BCUT2D eigenvalue weighted by Gasteiger charge is 2.92. The zero-order valence-corrected chi connectivity index (χ0v) is 16.7. The van der Waals surface area contributed by atoms with E-state index >= 15 is 0 Å². The molecule has 0 spiro atoms. The van der Waals surface area contributed by atoms with Crippen LogP contribution in [0.4, 0.5) is 105 Å². The van der Waals surface area contributed by atoms with Gasteiger partial charge in [0.1, 0.15) is 0 Å². The van der Waals surface area contributed by atoms with Crippen LogP contribution in [0.3, 0.4) is 0 Å². The van der Waals surface area contributed by atoms with Gasteiger partial charge in [0.25, 0.3) is 0 Å². The number of hydrogen-bond acceptors (Lipinski definition) is 4. The van der Waals surface area contributed by atoms with Crippen LogP contribution in [0, 0.1) is 0 Å². The van der Waals surface area contributed by atoms with Crippen LogP contribution in [-0.2, 0) is 18.9 Å². The average molecular weight is 664 g/mol. The molecule has 0 bridgehead atoms. The van der Waals surface area contributed by atoms with Crippen LogP contribution in [0.25, 0.3) is 0 Å². The monoisotopic (exact) mass is 664 g/mol. The van der Waals surface area contributed by atoms with Crippen molar-refractivity contribution in [1.82, 2.24) is 0 Å². The Kier molecular flexibility index (Phi) is 7.99. The van der Waals surface area contributed by atoms with Crippen LogP contribution in [0.2, 0.25) is 0 Å². The lowest BCUT2D eigenvalue weighted by Crippen LogP contribution is -2.75. The van der Waals surface area contributed by atoms with Crippen molar-refractivity contribution < 1.29 is 124 Å².